The first-order valence-electron chi connectivity index (χ1n) is 8.81. The van der Waals surface area contributed by atoms with E-state index in [9.17, 15) is 9.59 Å². The van der Waals surface area contributed by atoms with Crippen molar-refractivity contribution in [1.29, 1.82) is 0 Å². The number of amides is 1. The Morgan fingerprint density at radius 3 is 2.38 bits per heavy atom. The molecule has 0 heterocycles. The zero-order valence-electron chi connectivity index (χ0n) is 14.8. The number of nitrogens with one attached hydrogen (secondary N) is 1. The zero-order chi connectivity index (χ0) is 17.6. The number of esters is 1. The van der Waals surface area contributed by atoms with Crippen molar-refractivity contribution in [2.45, 2.75) is 58.4 Å². The lowest BCUT2D eigenvalue weighted by molar-refractivity contribution is -0.146. The van der Waals surface area contributed by atoms with Gasteiger partial charge in [0.1, 0.15) is 6.04 Å². The lowest BCUT2D eigenvalue weighted by Crippen LogP contribution is -2.43. The maximum Gasteiger partial charge on any atom is 0.407 e. The first-order valence-corrected chi connectivity index (χ1v) is 8.81. The van der Waals surface area contributed by atoms with Crippen LogP contribution in [0.25, 0.3) is 0 Å². The smallest absolute Gasteiger partial charge is 0.407 e. The topological polar surface area (TPSA) is 64.6 Å². The molecule has 0 saturated heterocycles. The van der Waals surface area contributed by atoms with Crippen LogP contribution in [0.4, 0.5) is 4.79 Å². The van der Waals surface area contributed by atoms with Gasteiger partial charge in [0.25, 0.3) is 0 Å². The predicted octanol–water partition coefficient (Wildman–Crippen LogP) is 3.86. The number of carbonyl (C=O) groups is 2. The average Bonchev–Trinajstić information content (AvgIpc) is 2.60. The molecule has 0 aliphatic heterocycles. The standard InChI is InChI=1S/C19H29NO4/c1-3-5-6-10-14-23-18(21)17(20-19(22)24-13-4-2)15-16-11-8-7-9-12-16/h7-9,11-12,17H,3-6,10,13-15H2,1-2H3,(H,20,22). The van der Waals surface area contributed by atoms with Crippen LogP contribution in [-0.2, 0) is 20.7 Å². The lowest BCUT2D eigenvalue weighted by Gasteiger charge is -2.17. The third kappa shape index (κ3) is 8.56. The molecule has 1 N–H and O–H groups in total. The summed E-state index contributed by atoms with van der Waals surface area (Å²) in [6.45, 7) is 4.76. The van der Waals surface area contributed by atoms with Crippen LogP contribution in [0.5, 0.6) is 0 Å². The van der Waals surface area contributed by atoms with E-state index in [1.54, 1.807) is 0 Å². The average molecular weight is 335 g/mol. The third-order valence-electron chi connectivity index (χ3n) is 3.54. The maximum absolute atomic E-state index is 12.3. The van der Waals surface area contributed by atoms with Gasteiger partial charge in [-0.05, 0) is 18.4 Å². The van der Waals surface area contributed by atoms with Crippen molar-refractivity contribution in [2.24, 2.45) is 0 Å². The fourth-order valence-electron chi connectivity index (χ4n) is 2.22. The molecule has 1 unspecified atom stereocenters. The van der Waals surface area contributed by atoms with Gasteiger partial charge >= 0.3 is 12.1 Å². The van der Waals surface area contributed by atoms with E-state index in [-0.39, 0.29) is 0 Å². The Kier molecular flexibility index (Phi) is 10.3. The predicted molar refractivity (Wildman–Crippen MR) is 93.8 cm³/mol. The normalized spacial score (nSPS) is 11.6. The van der Waals surface area contributed by atoms with Gasteiger partial charge in [-0.3, -0.25) is 0 Å². The number of hydrogen-bond donors (Lipinski definition) is 1. The molecule has 0 aromatic heterocycles. The van der Waals surface area contributed by atoms with Crippen LogP contribution in [0.3, 0.4) is 0 Å². The summed E-state index contributed by atoms with van der Waals surface area (Å²) >= 11 is 0. The van der Waals surface area contributed by atoms with Crippen molar-refractivity contribution in [1.82, 2.24) is 5.32 Å². The molecule has 24 heavy (non-hydrogen) atoms. The van der Waals surface area contributed by atoms with Crippen LogP contribution >= 0.6 is 0 Å². The Balaban J connectivity index is 2.55. The molecule has 0 fully saturated rings. The summed E-state index contributed by atoms with van der Waals surface area (Å²) in [6.07, 6.45) is 4.69. The molecular formula is C19H29NO4. The fraction of sp³-hybridized carbons (Fsp3) is 0.579. The quantitative estimate of drug-likeness (QED) is 0.493. The van der Waals surface area contributed by atoms with Crippen molar-refractivity contribution >= 4 is 12.1 Å². The zero-order valence-corrected chi connectivity index (χ0v) is 14.8. The van der Waals surface area contributed by atoms with Crippen molar-refractivity contribution in [2.75, 3.05) is 13.2 Å². The minimum Gasteiger partial charge on any atom is -0.464 e. The molecule has 5 nitrogen and oxygen atoms in total. The summed E-state index contributed by atoms with van der Waals surface area (Å²) in [5.41, 5.74) is 0.959. The minimum absolute atomic E-state index is 0.329. The highest BCUT2D eigenvalue weighted by Crippen LogP contribution is 2.06. The minimum atomic E-state index is -0.733. The second kappa shape index (κ2) is 12.4. The molecule has 5 heteroatoms. The Hall–Kier alpha value is -2.04. The number of hydrogen-bond acceptors (Lipinski definition) is 4. The molecule has 1 aromatic rings. The SMILES string of the molecule is CCCCCCOC(=O)C(Cc1ccccc1)NC(=O)OCCC. The molecule has 0 radical (unpaired) electrons. The van der Waals surface area contributed by atoms with Crippen LogP contribution in [-0.4, -0.2) is 31.3 Å². The van der Waals surface area contributed by atoms with E-state index in [0.29, 0.717) is 19.6 Å². The largest absolute Gasteiger partial charge is 0.464 e. The van der Waals surface area contributed by atoms with Gasteiger partial charge in [-0.1, -0.05) is 63.4 Å². The summed E-state index contributed by atoms with van der Waals surface area (Å²) in [4.78, 5) is 24.1. The van der Waals surface area contributed by atoms with E-state index in [1.807, 2.05) is 37.3 Å². The number of rotatable bonds is 11. The van der Waals surface area contributed by atoms with Crippen LogP contribution in [0.2, 0.25) is 0 Å². The number of benzene rings is 1. The van der Waals surface area contributed by atoms with E-state index in [0.717, 1.165) is 37.7 Å². The van der Waals surface area contributed by atoms with Gasteiger partial charge in [0.2, 0.25) is 0 Å². The van der Waals surface area contributed by atoms with Gasteiger partial charge in [-0.25, -0.2) is 9.59 Å². The van der Waals surface area contributed by atoms with Crippen LogP contribution in [0.1, 0.15) is 51.5 Å². The maximum atomic E-state index is 12.3. The monoisotopic (exact) mass is 335 g/mol. The van der Waals surface area contributed by atoms with Crippen LogP contribution in [0, 0.1) is 0 Å². The Morgan fingerprint density at radius 2 is 1.71 bits per heavy atom. The second-order valence-electron chi connectivity index (χ2n) is 5.75. The van der Waals surface area contributed by atoms with Crippen molar-refractivity contribution in [3.05, 3.63) is 35.9 Å². The summed E-state index contributed by atoms with van der Waals surface area (Å²) in [7, 11) is 0. The molecule has 134 valence electrons. The second-order valence-corrected chi connectivity index (χ2v) is 5.75. The number of ether oxygens (including phenoxy) is 2. The molecule has 1 rings (SSSR count). The summed E-state index contributed by atoms with van der Waals surface area (Å²) in [5.74, 6) is -0.413. The molecule has 1 aromatic carbocycles. The van der Waals surface area contributed by atoms with Gasteiger partial charge < -0.3 is 14.8 Å². The number of carbonyl (C=O) groups excluding carboxylic acids is 2. The first kappa shape index (κ1) is 20.0. The van der Waals surface area contributed by atoms with Gasteiger partial charge in [0.05, 0.1) is 13.2 Å². The lowest BCUT2D eigenvalue weighted by atomic mass is 10.1. The first-order chi connectivity index (χ1) is 11.7. The van der Waals surface area contributed by atoms with Gasteiger partial charge in [-0.15, -0.1) is 0 Å². The highest BCUT2D eigenvalue weighted by molar-refractivity contribution is 5.81. The highest BCUT2D eigenvalue weighted by Gasteiger charge is 2.23. The number of unbranched alkanes of at least 4 members (excludes halogenated alkanes) is 3. The molecule has 0 aliphatic rings. The molecule has 0 aliphatic carbocycles. The molecule has 0 bridgehead atoms. The van der Waals surface area contributed by atoms with E-state index in [1.165, 1.54) is 0 Å². The molecule has 0 spiro atoms. The van der Waals surface area contributed by atoms with Gasteiger partial charge in [0, 0.05) is 6.42 Å². The van der Waals surface area contributed by atoms with Crippen LogP contribution in [0.15, 0.2) is 30.3 Å². The third-order valence-corrected chi connectivity index (χ3v) is 3.54. The number of alkyl carbamates (subject to hydrolysis) is 1. The summed E-state index contributed by atoms with van der Waals surface area (Å²) in [5, 5.41) is 2.62. The van der Waals surface area contributed by atoms with Gasteiger partial charge in [0.15, 0.2) is 0 Å². The highest BCUT2D eigenvalue weighted by atomic mass is 16.6. The Labute approximate surface area is 144 Å². The molecule has 1 atom stereocenters. The van der Waals surface area contributed by atoms with E-state index in [2.05, 4.69) is 12.2 Å². The Bertz CT molecular complexity index is 476. The van der Waals surface area contributed by atoms with Crippen LogP contribution < -0.4 is 5.32 Å². The summed E-state index contributed by atoms with van der Waals surface area (Å²) < 4.78 is 10.3. The van der Waals surface area contributed by atoms with E-state index < -0.39 is 18.1 Å². The molecule has 0 saturated carbocycles. The van der Waals surface area contributed by atoms with Crippen molar-refractivity contribution < 1.29 is 19.1 Å². The van der Waals surface area contributed by atoms with Crippen molar-refractivity contribution in [3.63, 3.8) is 0 Å². The fourth-order valence-corrected chi connectivity index (χ4v) is 2.22. The van der Waals surface area contributed by atoms with E-state index in [4.69, 9.17) is 9.47 Å². The molecule has 1 amide bonds. The van der Waals surface area contributed by atoms with Gasteiger partial charge in [-0.2, -0.15) is 0 Å². The molecular weight excluding hydrogens is 306 g/mol. The van der Waals surface area contributed by atoms with Crippen molar-refractivity contribution in [3.8, 4) is 0 Å². The summed E-state index contributed by atoms with van der Waals surface area (Å²) in [6, 6.07) is 8.81. The van der Waals surface area contributed by atoms with E-state index >= 15 is 0 Å². The Morgan fingerprint density at radius 1 is 0.958 bits per heavy atom.